The second-order valence-corrected chi connectivity index (χ2v) is 5.55. The molecule has 1 heterocycles. The van der Waals surface area contributed by atoms with Gasteiger partial charge in [0.25, 0.3) is 0 Å². The Morgan fingerprint density at radius 3 is 2.28 bits per heavy atom. The first-order valence-corrected chi connectivity index (χ1v) is 7.94. The van der Waals surface area contributed by atoms with Crippen LogP contribution in [0.5, 0.6) is 11.5 Å². The molecule has 1 N–H and O–H groups in total. The SMILES string of the molecule is COc1ccc(NC(=O)Cc2ccc(-n3cccc3)cc2)cc1OC. The molecule has 128 valence electrons. The minimum Gasteiger partial charge on any atom is -0.493 e. The standard InChI is InChI=1S/C20H20N2O3/c1-24-18-10-7-16(14-19(18)25-2)21-20(23)13-15-5-8-17(9-6-15)22-11-3-4-12-22/h3-12,14H,13H2,1-2H3,(H,21,23). The number of nitrogens with zero attached hydrogens (tertiary/aromatic N) is 1. The maximum atomic E-state index is 12.3. The third-order valence-corrected chi connectivity index (χ3v) is 3.87. The van der Waals surface area contributed by atoms with E-state index >= 15 is 0 Å². The van der Waals surface area contributed by atoms with Gasteiger partial charge in [-0.1, -0.05) is 12.1 Å². The third-order valence-electron chi connectivity index (χ3n) is 3.87. The van der Waals surface area contributed by atoms with E-state index in [2.05, 4.69) is 5.32 Å². The first kappa shape index (κ1) is 16.6. The zero-order valence-electron chi connectivity index (χ0n) is 14.2. The van der Waals surface area contributed by atoms with E-state index in [0.717, 1.165) is 11.3 Å². The van der Waals surface area contributed by atoms with Crippen LogP contribution in [0.25, 0.3) is 5.69 Å². The first-order chi connectivity index (χ1) is 12.2. The topological polar surface area (TPSA) is 52.5 Å². The van der Waals surface area contributed by atoms with E-state index in [4.69, 9.17) is 9.47 Å². The fraction of sp³-hybridized carbons (Fsp3) is 0.150. The molecular weight excluding hydrogens is 316 g/mol. The van der Waals surface area contributed by atoms with Gasteiger partial charge in [-0.3, -0.25) is 4.79 Å². The highest BCUT2D eigenvalue weighted by Gasteiger charge is 2.08. The number of carbonyl (C=O) groups is 1. The van der Waals surface area contributed by atoms with Crippen LogP contribution in [0.1, 0.15) is 5.56 Å². The molecule has 25 heavy (non-hydrogen) atoms. The van der Waals surface area contributed by atoms with Crippen LogP contribution in [0.3, 0.4) is 0 Å². The van der Waals surface area contributed by atoms with Crippen LogP contribution < -0.4 is 14.8 Å². The highest BCUT2D eigenvalue weighted by atomic mass is 16.5. The molecule has 0 aliphatic heterocycles. The van der Waals surface area contributed by atoms with Gasteiger partial charge in [-0.05, 0) is 42.0 Å². The van der Waals surface area contributed by atoms with Crippen molar-refractivity contribution >= 4 is 11.6 Å². The number of carbonyl (C=O) groups excluding carboxylic acids is 1. The molecule has 3 aromatic rings. The van der Waals surface area contributed by atoms with Gasteiger partial charge in [0.1, 0.15) is 0 Å². The van der Waals surface area contributed by atoms with E-state index in [0.29, 0.717) is 23.6 Å². The maximum Gasteiger partial charge on any atom is 0.228 e. The minimum atomic E-state index is -0.0825. The molecule has 1 amide bonds. The third kappa shape index (κ3) is 4.01. The summed E-state index contributed by atoms with van der Waals surface area (Å²) in [6.07, 6.45) is 4.28. The molecule has 5 nitrogen and oxygen atoms in total. The number of ether oxygens (including phenoxy) is 2. The zero-order valence-corrected chi connectivity index (χ0v) is 14.2. The van der Waals surface area contributed by atoms with E-state index in [1.54, 1.807) is 32.4 Å². The van der Waals surface area contributed by atoms with Crippen molar-refractivity contribution in [2.75, 3.05) is 19.5 Å². The number of hydrogen-bond acceptors (Lipinski definition) is 3. The van der Waals surface area contributed by atoms with Crippen molar-refractivity contribution < 1.29 is 14.3 Å². The Kier molecular flexibility index (Phi) is 5.04. The predicted octanol–water partition coefficient (Wildman–Crippen LogP) is 3.68. The van der Waals surface area contributed by atoms with Gasteiger partial charge in [0, 0.05) is 29.8 Å². The van der Waals surface area contributed by atoms with Crippen molar-refractivity contribution in [2.24, 2.45) is 0 Å². The van der Waals surface area contributed by atoms with Crippen molar-refractivity contribution in [1.29, 1.82) is 0 Å². The molecule has 5 heteroatoms. The fourth-order valence-corrected chi connectivity index (χ4v) is 2.60. The van der Waals surface area contributed by atoms with Gasteiger partial charge in [-0.15, -0.1) is 0 Å². The molecule has 0 spiro atoms. The lowest BCUT2D eigenvalue weighted by Gasteiger charge is -2.11. The van der Waals surface area contributed by atoms with Gasteiger partial charge in [0.15, 0.2) is 11.5 Å². The summed E-state index contributed by atoms with van der Waals surface area (Å²) in [7, 11) is 3.14. The Morgan fingerprint density at radius 1 is 0.960 bits per heavy atom. The molecule has 0 saturated carbocycles. The minimum absolute atomic E-state index is 0.0825. The molecule has 0 unspecified atom stereocenters. The number of methoxy groups -OCH3 is 2. The molecule has 1 aromatic heterocycles. The van der Waals surface area contributed by atoms with Crippen molar-refractivity contribution in [3.05, 3.63) is 72.6 Å². The lowest BCUT2D eigenvalue weighted by Crippen LogP contribution is -2.14. The number of nitrogens with one attached hydrogen (secondary N) is 1. The largest absolute Gasteiger partial charge is 0.493 e. The number of anilines is 1. The van der Waals surface area contributed by atoms with Gasteiger partial charge in [0.2, 0.25) is 5.91 Å². The van der Waals surface area contributed by atoms with Crippen LogP contribution in [0.15, 0.2) is 67.0 Å². The number of rotatable bonds is 6. The van der Waals surface area contributed by atoms with Crippen LogP contribution in [0, 0.1) is 0 Å². The van der Waals surface area contributed by atoms with Crippen LogP contribution >= 0.6 is 0 Å². The Hall–Kier alpha value is -3.21. The molecule has 3 rings (SSSR count). The van der Waals surface area contributed by atoms with Crippen molar-refractivity contribution in [3.63, 3.8) is 0 Å². The smallest absolute Gasteiger partial charge is 0.228 e. The van der Waals surface area contributed by atoms with E-state index < -0.39 is 0 Å². The van der Waals surface area contributed by atoms with Gasteiger partial charge in [-0.25, -0.2) is 0 Å². The normalized spacial score (nSPS) is 10.3. The second-order valence-electron chi connectivity index (χ2n) is 5.55. The second kappa shape index (κ2) is 7.57. The molecule has 0 fully saturated rings. The summed E-state index contributed by atoms with van der Waals surface area (Å²) in [5.74, 6) is 1.12. The summed E-state index contributed by atoms with van der Waals surface area (Å²) in [6.45, 7) is 0. The number of aromatic nitrogens is 1. The van der Waals surface area contributed by atoms with Crippen LogP contribution in [-0.2, 0) is 11.2 Å². The molecule has 0 bridgehead atoms. The molecular formula is C20H20N2O3. The molecule has 0 atom stereocenters. The van der Waals surface area contributed by atoms with Crippen molar-refractivity contribution in [2.45, 2.75) is 6.42 Å². The Morgan fingerprint density at radius 2 is 1.64 bits per heavy atom. The van der Waals surface area contributed by atoms with Crippen LogP contribution in [-0.4, -0.2) is 24.7 Å². The predicted molar refractivity (Wildman–Crippen MR) is 97.6 cm³/mol. The zero-order chi connectivity index (χ0) is 17.6. The Balaban J connectivity index is 1.64. The summed E-state index contributed by atoms with van der Waals surface area (Å²) < 4.78 is 12.5. The molecule has 0 saturated heterocycles. The summed E-state index contributed by atoms with van der Waals surface area (Å²) in [5, 5.41) is 2.88. The van der Waals surface area contributed by atoms with E-state index in [-0.39, 0.29) is 5.91 Å². The van der Waals surface area contributed by atoms with Crippen LogP contribution in [0.2, 0.25) is 0 Å². The van der Waals surface area contributed by atoms with Gasteiger partial charge in [-0.2, -0.15) is 0 Å². The lowest BCUT2D eigenvalue weighted by atomic mass is 10.1. The molecule has 0 aliphatic carbocycles. The lowest BCUT2D eigenvalue weighted by molar-refractivity contribution is -0.115. The monoisotopic (exact) mass is 336 g/mol. The highest BCUT2D eigenvalue weighted by Crippen LogP contribution is 2.29. The summed E-state index contributed by atoms with van der Waals surface area (Å²) >= 11 is 0. The number of amides is 1. The Bertz CT molecular complexity index is 840. The molecule has 0 aliphatic rings. The van der Waals surface area contributed by atoms with E-state index in [1.165, 1.54) is 0 Å². The van der Waals surface area contributed by atoms with Gasteiger partial charge < -0.3 is 19.4 Å². The quantitative estimate of drug-likeness (QED) is 0.747. The molecule has 2 aromatic carbocycles. The summed E-state index contributed by atoms with van der Waals surface area (Å²) in [4.78, 5) is 12.3. The van der Waals surface area contributed by atoms with Crippen molar-refractivity contribution in [1.82, 2.24) is 4.57 Å². The van der Waals surface area contributed by atoms with Gasteiger partial charge >= 0.3 is 0 Å². The average molecular weight is 336 g/mol. The first-order valence-electron chi connectivity index (χ1n) is 7.94. The summed E-state index contributed by atoms with van der Waals surface area (Å²) in [6, 6.07) is 17.2. The molecule has 0 radical (unpaired) electrons. The average Bonchev–Trinajstić information content (AvgIpc) is 3.17. The maximum absolute atomic E-state index is 12.3. The van der Waals surface area contributed by atoms with Crippen molar-refractivity contribution in [3.8, 4) is 17.2 Å². The highest BCUT2D eigenvalue weighted by molar-refractivity contribution is 5.92. The van der Waals surface area contributed by atoms with E-state index in [1.807, 2.05) is 53.4 Å². The van der Waals surface area contributed by atoms with E-state index in [9.17, 15) is 4.79 Å². The van der Waals surface area contributed by atoms with Crippen LogP contribution in [0.4, 0.5) is 5.69 Å². The van der Waals surface area contributed by atoms with Gasteiger partial charge in [0.05, 0.1) is 20.6 Å². The fourth-order valence-electron chi connectivity index (χ4n) is 2.60. The number of hydrogen-bond donors (Lipinski definition) is 1. The summed E-state index contributed by atoms with van der Waals surface area (Å²) in [5.41, 5.74) is 2.69. The number of benzene rings is 2. The Labute approximate surface area is 146 Å².